The highest BCUT2D eigenvalue weighted by Crippen LogP contribution is 2.37. The van der Waals surface area contributed by atoms with Crippen LogP contribution in [0.5, 0.6) is 0 Å². The number of fused-ring (bicyclic) bond motifs is 1. The third-order valence-electron chi connectivity index (χ3n) is 6.30. The molecule has 3 fully saturated rings. The molecule has 9 nitrogen and oxygen atoms in total. The quantitative estimate of drug-likeness (QED) is 0.397. The van der Waals surface area contributed by atoms with E-state index in [9.17, 15) is 27.6 Å². The van der Waals surface area contributed by atoms with Crippen molar-refractivity contribution in [2.45, 2.75) is 57.9 Å². The van der Waals surface area contributed by atoms with Gasteiger partial charge in [-0.2, -0.15) is 0 Å². The topological polar surface area (TPSA) is 118 Å². The molecule has 0 radical (unpaired) electrons. The molecule has 0 aromatic rings. The fourth-order valence-corrected chi connectivity index (χ4v) is 6.38. The number of rotatable bonds is 8. The van der Waals surface area contributed by atoms with Crippen LogP contribution < -0.4 is 0 Å². The fourth-order valence-electron chi connectivity index (χ4n) is 4.65. The number of imide groups is 1. The Morgan fingerprint density at radius 3 is 2.27 bits per heavy atom. The maximum atomic E-state index is 12.6. The Hall–Kier alpha value is -1.97. The second-order valence-corrected chi connectivity index (χ2v) is 10.6. The van der Waals surface area contributed by atoms with Gasteiger partial charge in [0.1, 0.15) is 6.54 Å². The number of hydrogen-bond acceptors (Lipinski definition) is 7. The molecule has 0 bridgehead atoms. The lowest BCUT2D eigenvalue weighted by Gasteiger charge is -2.28. The maximum Gasteiger partial charge on any atom is 0.326 e. The van der Waals surface area contributed by atoms with Crippen molar-refractivity contribution in [1.29, 1.82) is 0 Å². The highest BCUT2D eigenvalue weighted by Gasteiger charge is 2.48. The number of nitrogens with zero attached hydrogens (tertiary/aromatic N) is 2. The zero-order valence-corrected chi connectivity index (χ0v) is 18.2. The van der Waals surface area contributed by atoms with Crippen molar-refractivity contribution in [3.05, 3.63) is 0 Å². The first-order chi connectivity index (χ1) is 14.2. The summed E-state index contributed by atoms with van der Waals surface area (Å²) < 4.78 is 28.6. The minimum absolute atomic E-state index is 0.0505. The van der Waals surface area contributed by atoms with Crippen molar-refractivity contribution in [3.8, 4) is 0 Å². The molecule has 0 N–H and O–H groups in total. The van der Waals surface area contributed by atoms with Crippen LogP contribution in [0, 0.1) is 11.8 Å². The molecule has 30 heavy (non-hydrogen) atoms. The Labute approximate surface area is 177 Å². The summed E-state index contributed by atoms with van der Waals surface area (Å²) in [5, 5.41) is 0. The lowest BCUT2D eigenvalue weighted by Crippen LogP contribution is -2.44. The molecule has 3 aliphatic rings. The predicted octanol–water partition coefficient (Wildman–Crippen LogP) is 0.521. The van der Waals surface area contributed by atoms with E-state index in [1.807, 2.05) is 6.92 Å². The Kier molecular flexibility index (Phi) is 7.15. The molecule has 1 aliphatic carbocycles. The molecule has 168 valence electrons. The third-order valence-corrected chi connectivity index (χ3v) is 8.05. The molecule has 10 heteroatoms. The van der Waals surface area contributed by atoms with E-state index in [4.69, 9.17) is 4.74 Å². The van der Waals surface area contributed by atoms with Crippen molar-refractivity contribution in [1.82, 2.24) is 9.80 Å². The average Bonchev–Trinajstić information content (AvgIpc) is 3.19. The second-order valence-electron chi connectivity index (χ2n) is 8.42. The van der Waals surface area contributed by atoms with Gasteiger partial charge in [0, 0.05) is 12.6 Å². The number of ether oxygens (including phenoxy) is 1. The lowest BCUT2D eigenvalue weighted by molar-refractivity contribution is -0.157. The van der Waals surface area contributed by atoms with Gasteiger partial charge in [-0.3, -0.25) is 24.1 Å². The van der Waals surface area contributed by atoms with Crippen LogP contribution in [0.25, 0.3) is 0 Å². The van der Waals surface area contributed by atoms with Crippen molar-refractivity contribution >= 4 is 33.5 Å². The van der Waals surface area contributed by atoms with Crippen molar-refractivity contribution in [3.63, 3.8) is 0 Å². The summed E-state index contributed by atoms with van der Waals surface area (Å²) in [6.07, 6.45) is 5.06. The van der Waals surface area contributed by atoms with E-state index < -0.39 is 40.9 Å². The second kappa shape index (κ2) is 9.45. The molecule has 3 rings (SSSR count). The molecule has 0 spiro atoms. The molecular weight excluding hydrogens is 412 g/mol. The number of amides is 3. The van der Waals surface area contributed by atoms with E-state index in [0.29, 0.717) is 25.8 Å². The van der Waals surface area contributed by atoms with Gasteiger partial charge >= 0.3 is 5.97 Å². The number of likely N-dealkylation sites (tertiary alicyclic amines) is 1. The van der Waals surface area contributed by atoms with Gasteiger partial charge in [0.15, 0.2) is 16.4 Å². The number of unbranched alkanes of at least 4 members (excludes halogenated alkanes) is 1. The highest BCUT2D eigenvalue weighted by atomic mass is 32.2. The van der Waals surface area contributed by atoms with Gasteiger partial charge in [-0.05, 0) is 25.7 Å². The van der Waals surface area contributed by atoms with Gasteiger partial charge in [-0.1, -0.05) is 26.2 Å². The van der Waals surface area contributed by atoms with Crippen molar-refractivity contribution in [2.24, 2.45) is 11.8 Å². The Morgan fingerprint density at radius 1 is 1.10 bits per heavy atom. The minimum Gasteiger partial charge on any atom is -0.454 e. The minimum atomic E-state index is -3.15. The van der Waals surface area contributed by atoms with Crippen LogP contribution in [-0.4, -0.2) is 79.2 Å². The van der Waals surface area contributed by atoms with Gasteiger partial charge < -0.3 is 9.64 Å². The molecule has 3 unspecified atom stereocenters. The van der Waals surface area contributed by atoms with Crippen LogP contribution in [0.15, 0.2) is 0 Å². The van der Waals surface area contributed by atoms with E-state index in [1.165, 1.54) is 4.90 Å². The summed E-state index contributed by atoms with van der Waals surface area (Å²) >= 11 is 0. The zero-order valence-electron chi connectivity index (χ0n) is 17.4. The number of carbonyl (C=O) groups excluding carboxylic acids is 4. The van der Waals surface area contributed by atoms with Crippen LogP contribution in [0.1, 0.15) is 51.9 Å². The zero-order chi connectivity index (χ0) is 21.9. The molecule has 0 aromatic carbocycles. The normalized spacial score (nSPS) is 27.8. The fraction of sp³-hybridized carbons (Fsp3) is 0.800. The van der Waals surface area contributed by atoms with E-state index in [2.05, 4.69) is 0 Å². The molecular formula is C20H30N2O7S. The van der Waals surface area contributed by atoms with Crippen molar-refractivity contribution < 1.29 is 32.3 Å². The Morgan fingerprint density at radius 2 is 1.73 bits per heavy atom. The molecule has 2 heterocycles. The summed E-state index contributed by atoms with van der Waals surface area (Å²) in [5.74, 6) is -2.61. The first-order valence-corrected chi connectivity index (χ1v) is 12.6. The molecule has 3 amide bonds. The van der Waals surface area contributed by atoms with Gasteiger partial charge in [-0.25, -0.2) is 8.42 Å². The van der Waals surface area contributed by atoms with E-state index in [0.717, 1.165) is 30.6 Å². The Balaban J connectivity index is 1.54. The summed E-state index contributed by atoms with van der Waals surface area (Å²) in [6.45, 7) is 1.36. The van der Waals surface area contributed by atoms with Crippen LogP contribution in [0.3, 0.4) is 0 Å². The standard InChI is InChI=1S/C20H30N2O7S/c1-2-3-9-21(14-8-10-30(27,28)13-14)17(23)12-29-18(24)11-22-19(25)15-6-4-5-7-16(15)20(22)26/h14-16H,2-13H2,1H3. The van der Waals surface area contributed by atoms with Crippen LogP contribution in [0.4, 0.5) is 0 Å². The number of carbonyl (C=O) groups is 4. The van der Waals surface area contributed by atoms with E-state index in [-0.39, 0.29) is 35.2 Å². The number of esters is 1. The first kappa shape index (κ1) is 22.7. The van der Waals surface area contributed by atoms with Crippen LogP contribution in [0.2, 0.25) is 0 Å². The third kappa shape index (κ3) is 5.01. The molecule has 2 aliphatic heterocycles. The van der Waals surface area contributed by atoms with Crippen LogP contribution >= 0.6 is 0 Å². The molecule has 2 saturated heterocycles. The number of hydrogen-bond donors (Lipinski definition) is 0. The number of sulfone groups is 1. The van der Waals surface area contributed by atoms with Crippen molar-refractivity contribution in [2.75, 3.05) is 31.2 Å². The predicted molar refractivity (Wildman–Crippen MR) is 107 cm³/mol. The molecule has 1 saturated carbocycles. The van der Waals surface area contributed by atoms with E-state index >= 15 is 0 Å². The largest absolute Gasteiger partial charge is 0.454 e. The average molecular weight is 443 g/mol. The lowest BCUT2D eigenvalue weighted by atomic mass is 9.81. The molecule has 0 aromatic heterocycles. The molecule has 3 atom stereocenters. The summed E-state index contributed by atoms with van der Waals surface area (Å²) in [7, 11) is -3.15. The first-order valence-electron chi connectivity index (χ1n) is 10.7. The monoisotopic (exact) mass is 442 g/mol. The SMILES string of the molecule is CCCCN(C(=O)COC(=O)CN1C(=O)C2CCCCC2C1=O)C1CCS(=O)(=O)C1. The van der Waals surface area contributed by atoms with Gasteiger partial charge in [0.2, 0.25) is 11.8 Å². The van der Waals surface area contributed by atoms with Gasteiger partial charge in [0.25, 0.3) is 5.91 Å². The smallest absolute Gasteiger partial charge is 0.326 e. The summed E-state index contributed by atoms with van der Waals surface area (Å²) in [4.78, 5) is 52.2. The van der Waals surface area contributed by atoms with Crippen LogP contribution in [-0.2, 0) is 33.8 Å². The Bertz CT molecular complexity index is 786. The summed E-state index contributed by atoms with van der Waals surface area (Å²) in [5.41, 5.74) is 0. The van der Waals surface area contributed by atoms with Gasteiger partial charge in [0.05, 0.1) is 23.3 Å². The highest BCUT2D eigenvalue weighted by molar-refractivity contribution is 7.91. The van der Waals surface area contributed by atoms with E-state index in [1.54, 1.807) is 0 Å². The van der Waals surface area contributed by atoms with Gasteiger partial charge in [-0.15, -0.1) is 0 Å². The summed E-state index contributed by atoms with van der Waals surface area (Å²) in [6, 6.07) is -0.405. The maximum absolute atomic E-state index is 12.6.